The first kappa shape index (κ1) is 16.0. The Labute approximate surface area is 134 Å². The highest BCUT2D eigenvalue weighted by Crippen LogP contribution is 2.27. The molecule has 1 aromatic heterocycles. The van der Waals surface area contributed by atoms with Crippen molar-refractivity contribution in [1.29, 1.82) is 0 Å². The van der Waals surface area contributed by atoms with Crippen molar-refractivity contribution in [3.8, 4) is 11.5 Å². The third-order valence-corrected chi connectivity index (χ3v) is 3.16. The lowest BCUT2D eigenvalue weighted by Crippen LogP contribution is -1.99. The third-order valence-electron chi connectivity index (χ3n) is 2.90. The van der Waals surface area contributed by atoms with Gasteiger partial charge in [-0.05, 0) is 36.0 Å². The Morgan fingerprint density at radius 3 is 2.95 bits per heavy atom. The first-order valence-corrected chi connectivity index (χ1v) is 7.22. The number of rotatable bonds is 7. The predicted molar refractivity (Wildman–Crippen MR) is 88.5 cm³/mol. The summed E-state index contributed by atoms with van der Waals surface area (Å²) in [5, 5.41) is 11.2. The van der Waals surface area contributed by atoms with Gasteiger partial charge in [-0.2, -0.15) is 14.9 Å². The Bertz CT molecular complexity index is 733. The number of aromatic nitrogens is 3. The van der Waals surface area contributed by atoms with Gasteiger partial charge in [0.2, 0.25) is 4.77 Å². The molecule has 0 atom stereocenters. The molecule has 0 aliphatic heterocycles. The van der Waals surface area contributed by atoms with Crippen LogP contribution in [0.3, 0.4) is 0 Å². The second kappa shape index (κ2) is 7.56. The van der Waals surface area contributed by atoms with Crippen LogP contribution in [0.1, 0.15) is 18.3 Å². The SMILES string of the molecule is C=CCOc1ccc(/C=N\n2c(CC)n[nH]c2=S)cc1OC. The molecule has 116 valence electrons. The fourth-order valence-electron chi connectivity index (χ4n) is 1.83. The van der Waals surface area contributed by atoms with Gasteiger partial charge in [-0.1, -0.05) is 19.6 Å². The molecular formula is C15H18N4O2S. The molecule has 0 aliphatic rings. The summed E-state index contributed by atoms with van der Waals surface area (Å²) in [6.45, 7) is 6.04. The van der Waals surface area contributed by atoms with E-state index in [9.17, 15) is 0 Å². The first-order chi connectivity index (χ1) is 10.7. The van der Waals surface area contributed by atoms with Crippen LogP contribution in [0.15, 0.2) is 36.0 Å². The maximum absolute atomic E-state index is 5.51. The lowest BCUT2D eigenvalue weighted by molar-refractivity contribution is 0.326. The van der Waals surface area contributed by atoms with Crippen molar-refractivity contribution >= 4 is 18.4 Å². The van der Waals surface area contributed by atoms with E-state index in [1.807, 2.05) is 25.1 Å². The summed E-state index contributed by atoms with van der Waals surface area (Å²) in [4.78, 5) is 0. The maximum atomic E-state index is 5.51. The molecule has 1 aromatic carbocycles. The van der Waals surface area contributed by atoms with E-state index in [-0.39, 0.29) is 0 Å². The molecule has 0 fully saturated rings. The molecule has 0 unspecified atom stereocenters. The normalized spacial score (nSPS) is 10.8. The molecular weight excluding hydrogens is 300 g/mol. The number of aryl methyl sites for hydroxylation is 1. The molecule has 6 nitrogen and oxygen atoms in total. The zero-order valence-electron chi connectivity index (χ0n) is 12.6. The summed E-state index contributed by atoms with van der Waals surface area (Å²) in [5.41, 5.74) is 0.868. The van der Waals surface area contributed by atoms with Crippen LogP contribution in [0.2, 0.25) is 0 Å². The van der Waals surface area contributed by atoms with Crippen molar-refractivity contribution in [3.63, 3.8) is 0 Å². The third kappa shape index (κ3) is 3.62. The standard InChI is InChI=1S/C15H18N4O2S/c1-4-8-21-12-7-6-11(9-13(12)20-3)10-16-19-14(5-2)17-18-15(19)22/h4,6-7,9-10H,1,5,8H2,2-3H3,(H,18,22)/b16-10-. The van der Waals surface area contributed by atoms with Crippen LogP contribution in [0, 0.1) is 4.77 Å². The van der Waals surface area contributed by atoms with Crippen molar-refractivity contribution < 1.29 is 9.47 Å². The Kier molecular flexibility index (Phi) is 5.48. The first-order valence-electron chi connectivity index (χ1n) is 6.82. The van der Waals surface area contributed by atoms with E-state index in [0.717, 1.165) is 17.8 Å². The molecule has 1 heterocycles. The number of ether oxygens (including phenoxy) is 2. The van der Waals surface area contributed by atoms with Gasteiger partial charge in [0.05, 0.1) is 13.3 Å². The van der Waals surface area contributed by atoms with Crippen LogP contribution < -0.4 is 9.47 Å². The quantitative estimate of drug-likeness (QED) is 0.484. The van der Waals surface area contributed by atoms with Crippen LogP contribution in [0.5, 0.6) is 11.5 Å². The molecule has 0 spiro atoms. The fourth-order valence-corrected chi connectivity index (χ4v) is 2.03. The van der Waals surface area contributed by atoms with Gasteiger partial charge < -0.3 is 9.47 Å². The molecule has 2 aromatic rings. The van der Waals surface area contributed by atoms with Gasteiger partial charge >= 0.3 is 0 Å². The number of H-pyrrole nitrogens is 1. The minimum Gasteiger partial charge on any atom is -0.493 e. The van der Waals surface area contributed by atoms with Crippen LogP contribution in [-0.4, -0.2) is 34.8 Å². The van der Waals surface area contributed by atoms with Crippen LogP contribution >= 0.6 is 12.2 Å². The maximum Gasteiger partial charge on any atom is 0.216 e. The highest BCUT2D eigenvalue weighted by molar-refractivity contribution is 7.71. The molecule has 0 amide bonds. The summed E-state index contributed by atoms with van der Waals surface area (Å²) in [7, 11) is 1.60. The van der Waals surface area contributed by atoms with Crippen molar-refractivity contribution in [2.24, 2.45) is 5.10 Å². The predicted octanol–water partition coefficient (Wildman–Crippen LogP) is 2.96. The summed E-state index contributed by atoms with van der Waals surface area (Å²) >= 11 is 5.15. The molecule has 0 bridgehead atoms. The average molecular weight is 318 g/mol. The topological polar surface area (TPSA) is 64.4 Å². The smallest absolute Gasteiger partial charge is 0.216 e. The van der Waals surface area contributed by atoms with E-state index in [0.29, 0.717) is 22.9 Å². The molecule has 7 heteroatoms. The lowest BCUT2D eigenvalue weighted by atomic mass is 10.2. The zero-order valence-corrected chi connectivity index (χ0v) is 13.4. The highest BCUT2D eigenvalue weighted by atomic mass is 32.1. The molecule has 0 radical (unpaired) electrons. The van der Waals surface area contributed by atoms with Gasteiger partial charge in [-0.3, -0.25) is 5.10 Å². The van der Waals surface area contributed by atoms with Crippen molar-refractivity contribution in [2.75, 3.05) is 13.7 Å². The molecule has 1 N–H and O–H groups in total. The minimum absolute atomic E-state index is 0.424. The second-order valence-corrected chi connectivity index (χ2v) is 4.75. The van der Waals surface area contributed by atoms with Gasteiger partial charge in [0.25, 0.3) is 0 Å². The molecule has 2 rings (SSSR count). The van der Waals surface area contributed by atoms with Crippen LogP contribution in [0.25, 0.3) is 0 Å². The van der Waals surface area contributed by atoms with E-state index < -0.39 is 0 Å². The van der Waals surface area contributed by atoms with Crippen molar-refractivity contribution in [2.45, 2.75) is 13.3 Å². The second-order valence-electron chi connectivity index (χ2n) is 4.36. The van der Waals surface area contributed by atoms with E-state index in [2.05, 4.69) is 21.9 Å². The minimum atomic E-state index is 0.424. The number of aromatic amines is 1. The van der Waals surface area contributed by atoms with Gasteiger partial charge in [0, 0.05) is 6.42 Å². The number of nitrogens with one attached hydrogen (secondary N) is 1. The zero-order chi connectivity index (χ0) is 15.9. The molecule has 22 heavy (non-hydrogen) atoms. The van der Waals surface area contributed by atoms with Gasteiger partial charge in [-0.15, -0.1) is 0 Å². The average Bonchev–Trinajstić information content (AvgIpc) is 2.91. The number of hydrogen-bond donors (Lipinski definition) is 1. The van der Waals surface area contributed by atoms with E-state index in [1.165, 1.54) is 0 Å². The van der Waals surface area contributed by atoms with Crippen molar-refractivity contribution in [3.05, 3.63) is 47.0 Å². The summed E-state index contributed by atoms with van der Waals surface area (Å²) in [6, 6.07) is 5.57. The summed E-state index contributed by atoms with van der Waals surface area (Å²) in [6.07, 6.45) is 4.12. The number of benzene rings is 1. The van der Waals surface area contributed by atoms with Gasteiger partial charge in [0.1, 0.15) is 6.61 Å². The van der Waals surface area contributed by atoms with Crippen LogP contribution in [-0.2, 0) is 6.42 Å². The lowest BCUT2D eigenvalue weighted by Gasteiger charge is -2.09. The van der Waals surface area contributed by atoms with Crippen molar-refractivity contribution in [1.82, 2.24) is 14.9 Å². The Balaban J connectivity index is 2.26. The fraction of sp³-hybridized carbons (Fsp3) is 0.267. The van der Waals surface area contributed by atoms with Crippen LogP contribution in [0.4, 0.5) is 0 Å². The van der Waals surface area contributed by atoms with E-state index >= 15 is 0 Å². The largest absolute Gasteiger partial charge is 0.493 e. The molecule has 0 saturated carbocycles. The Morgan fingerprint density at radius 1 is 1.45 bits per heavy atom. The Hall–Kier alpha value is -2.41. The summed E-state index contributed by atoms with van der Waals surface area (Å²) in [5.74, 6) is 2.07. The number of methoxy groups -OCH3 is 1. The monoisotopic (exact) mass is 318 g/mol. The number of nitrogens with zero attached hydrogens (tertiary/aromatic N) is 3. The number of hydrogen-bond acceptors (Lipinski definition) is 5. The molecule has 0 saturated heterocycles. The van der Waals surface area contributed by atoms with Gasteiger partial charge in [-0.25, -0.2) is 0 Å². The van der Waals surface area contributed by atoms with E-state index in [4.69, 9.17) is 21.7 Å². The summed E-state index contributed by atoms with van der Waals surface area (Å²) < 4.78 is 12.9. The Morgan fingerprint density at radius 2 is 2.27 bits per heavy atom. The highest BCUT2D eigenvalue weighted by Gasteiger charge is 2.05. The molecule has 0 aliphatic carbocycles. The van der Waals surface area contributed by atoms with Gasteiger partial charge in [0.15, 0.2) is 17.3 Å². The van der Waals surface area contributed by atoms with E-state index in [1.54, 1.807) is 24.1 Å².